The van der Waals surface area contributed by atoms with E-state index in [1.807, 2.05) is 36.9 Å². The molecule has 2 aliphatic heterocycles. The van der Waals surface area contributed by atoms with Crippen molar-refractivity contribution in [2.45, 2.75) is 37.8 Å². The van der Waals surface area contributed by atoms with Crippen LogP contribution < -0.4 is 4.72 Å². The molecule has 1 amide bonds. The van der Waals surface area contributed by atoms with Crippen molar-refractivity contribution in [1.82, 2.24) is 9.62 Å². The fraction of sp³-hybridized carbons (Fsp3) is 0.333. The molecular weight excluding hydrogens is 374 g/mol. The highest BCUT2D eigenvalue weighted by atomic mass is 32.2. The summed E-state index contributed by atoms with van der Waals surface area (Å²) in [5.41, 5.74) is 2.95. The van der Waals surface area contributed by atoms with E-state index in [9.17, 15) is 13.2 Å². The summed E-state index contributed by atoms with van der Waals surface area (Å²) in [5, 5.41) is 0. The van der Waals surface area contributed by atoms with Crippen LogP contribution in [-0.4, -0.2) is 37.6 Å². The number of sulfonamides is 1. The van der Waals surface area contributed by atoms with Crippen LogP contribution in [0, 0.1) is 5.92 Å². The monoisotopic (exact) mass is 397 g/mol. The molecule has 0 radical (unpaired) electrons. The maximum atomic E-state index is 13.3. The molecule has 0 fully saturated rings. The Kier molecular flexibility index (Phi) is 4.71. The zero-order valence-electron chi connectivity index (χ0n) is 15.9. The van der Waals surface area contributed by atoms with Crippen LogP contribution in [0.25, 0.3) is 0 Å². The summed E-state index contributed by atoms with van der Waals surface area (Å²) in [6.07, 6.45) is 0.818. The number of fused-ring (bicyclic) bond motifs is 2. The standard InChI is InChI=1S/C21H23N3O3S/c1-14(2)19(21(25)24-12-11-15-7-3-4-8-16(15)13-24)22-20-17-9-5-6-10-18(17)28(26,27)23-20/h3-10,14,19H,11-13H2,1-2H3,(H,22,23). The van der Waals surface area contributed by atoms with E-state index in [0.717, 1.165) is 12.0 Å². The molecule has 0 saturated carbocycles. The van der Waals surface area contributed by atoms with Crippen molar-refractivity contribution in [3.8, 4) is 0 Å². The average molecular weight is 398 g/mol. The molecule has 6 nitrogen and oxygen atoms in total. The van der Waals surface area contributed by atoms with Crippen molar-refractivity contribution < 1.29 is 13.2 Å². The molecule has 0 bridgehead atoms. The number of hydrogen-bond acceptors (Lipinski definition) is 4. The quantitative estimate of drug-likeness (QED) is 0.863. The SMILES string of the molecule is CC(C)C(N=C1NS(=O)(=O)c2ccccc21)C(=O)N1CCc2ccccc2C1. The van der Waals surface area contributed by atoms with E-state index in [1.165, 1.54) is 5.56 Å². The molecule has 0 aliphatic carbocycles. The van der Waals surface area contributed by atoms with Crippen LogP contribution in [-0.2, 0) is 27.8 Å². The number of nitrogens with one attached hydrogen (secondary N) is 1. The zero-order chi connectivity index (χ0) is 19.9. The van der Waals surface area contributed by atoms with Gasteiger partial charge >= 0.3 is 0 Å². The van der Waals surface area contributed by atoms with Gasteiger partial charge in [-0.25, -0.2) is 8.42 Å². The second kappa shape index (κ2) is 7.05. The minimum absolute atomic E-state index is 0.0607. The van der Waals surface area contributed by atoms with Gasteiger partial charge in [-0.15, -0.1) is 0 Å². The first kappa shape index (κ1) is 18.7. The molecule has 2 aromatic carbocycles. The minimum atomic E-state index is -3.62. The van der Waals surface area contributed by atoms with Gasteiger partial charge in [-0.3, -0.25) is 14.5 Å². The first-order chi connectivity index (χ1) is 13.4. The van der Waals surface area contributed by atoms with Crippen LogP contribution in [0.5, 0.6) is 0 Å². The third-order valence-electron chi connectivity index (χ3n) is 5.26. The van der Waals surface area contributed by atoms with Crippen LogP contribution in [0.2, 0.25) is 0 Å². The molecule has 1 N–H and O–H groups in total. The summed E-state index contributed by atoms with van der Waals surface area (Å²) in [7, 11) is -3.62. The van der Waals surface area contributed by atoms with Gasteiger partial charge in [0.2, 0.25) is 5.91 Å². The molecular formula is C21H23N3O3S. The predicted molar refractivity (Wildman–Crippen MR) is 107 cm³/mol. The molecule has 28 heavy (non-hydrogen) atoms. The molecule has 2 heterocycles. The number of aliphatic imine (C=N–C) groups is 1. The largest absolute Gasteiger partial charge is 0.336 e. The predicted octanol–water partition coefficient (Wildman–Crippen LogP) is 2.33. The second-order valence-electron chi connectivity index (χ2n) is 7.55. The van der Waals surface area contributed by atoms with Gasteiger partial charge in [0, 0.05) is 18.7 Å². The maximum Gasteiger partial charge on any atom is 0.263 e. The third kappa shape index (κ3) is 3.30. The lowest BCUT2D eigenvalue weighted by Crippen LogP contribution is -2.44. The molecule has 7 heteroatoms. The topological polar surface area (TPSA) is 78.8 Å². The molecule has 2 aliphatic rings. The number of carbonyl (C=O) groups is 1. The Morgan fingerprint density at radius 2 is 1.75 bits per heavy atom. The van der Waals surface area contributed by atoms with Gasteiger partial charge in [0.15, 0.2) is 0 Å². The molecule has 0 spiro atoms. The molecule has 0 saturated heterocycles. The first-order valence-electron chi connectivity index (χ1n) is 9.42. The summed E-state index contributed by atoms with van der Waals surface area (Å²) in [6, 6.07) is 14.2. The van der Waals surface area contributed by atoms with E-state index in [4.69, 9.17) is 0 Å². The van der Waals surface area contributed by atoms with Gasteiger partial charge in [-0.1, -0.05) is 50.2 Å². The highest BCUT2D eigenvalue weighted by Gasteiger charge is 2.34. The first-order valence-corrected chi connectivity index (χ1v) is 10.9. The molecule has 2 aromatic rings. The molecule has 1 unspecified atom stereocenters. The van der Waals surface area contributed by atoms with E-state index in [0.29, 0.717) is 18.7 Å². The van der Waals surface area contributed by atoms with Crippen molar-refractivity contribution in [3.63, 3.8) is 0 Å². The van der Waals surface area contributed by atoms with E-state index in [1.54, 1.807) is 24.3 Å². The van der Waals surface area contributed by atoms with Crippen molar-refractivity contribution in [3.05, 3.63) is 65.2 Å². The van der Waals surface area contributed by atoms with Gasteiger partial charge < -0.3 is 4.90 Å². The van der Waals surface area contributed by atoms with E-state index >= 15 is 0 Å². The molecule has 146 valence electrons. The number of rotatable bonds is 3. The summed E-state index contributed by atoms with van der Waals surface area (Å²) < 4.78 is 27.2. The van der Waals surface area contributed by atoms with Gasteiger partial charge in [-0.05, 0) is 35.6 Å². The van der Waals surface area contributed by atoms with Crippen molar-refractivity contribution in [1.29, 1.82) is 0 Å². The summed E-state index contributed by atoms with van der Waals surface area (Å²) >= 11 is 0. The van der Waals surface area contributed by atoms with Crippen LogP contribution in [0.4, 0.5) is 0 Å². The van der Waals surface area contributed by atoms with Crippen LogP contribution in [0.1, 0.15) is 30.5 Å². The van der Waals surface area contributed by atoms with Crippen molar-refractivity contribution in [2.24, 2.45) is 10.9 Å². The number of amidine groups is 1. The number of benzene rings is 2. The van der Waals surface area contributed by atoms with Crippen LogP contribution >= 0.6 is 0 Å². The number of hydrogen-bond donors (Lipinski definition) is 1. The van der Waals surface area contributed by atoms with Gasteiger partial charge in [0.1, 0.15) is 11.9 Å². The zero-order valence-corrected chi connectivity index (χ0v) is 16.7. The summed E-state index contributed by atoms with van der Waals surface area (Å²) in [5.74, 6) is 0.120. The lowest BCUT2D eigenvalue weighted by atomic mass is 9.97. The molecule has 0 aromatic heterocycles. The maximum absolute atomic E-state index is 13.3. The Balaban J connectivity index is 1.64. The van der Waals surface area contributed by atoms with Crippen LogP contribution in [0.3, 0.4) is 0 Å². The van der Waals surface area contributed by atoms with Crippen LogP contribution in [0.15, 0.2) is 58.4 Å². The Morgan fingerprint density at radius 1 is 1.07 bits per heavy atom. The third-order valence-corrected chi connectivity index (χ3v) is 6.65. The van der Waals surface area contributed by atoms with E-state index in [-0.39, 0.29) is 22.6 Å². The number of carbonyl (C=O) groups excluding carboxylic acids is 1. The van der Waals surface area contributed by atoms with Crippen molar-refractivity contribution >= 4 is 21.8 Å². The fourth-order valence-corrected chi connectivity index (χ4v) is 4.97. The lowest BCUT2D eigenvalue weighted by molar-refractivity contribution is -0.134. The average Bonchev–Trinajstić information content (AvgIpc) is 2.95. The molecule has 4 rings (SSSR count). The lowest BCUT2D eigenvalue weighted by Gasteiger charge is -2.32. The Labute approximate surface area is 165 Å². The normalized spacial score (nSPS) is 19.8. The summed E-state index contributed by atoms with van der Waals surface area (Å²) in [6.45, 7) is 5.07. The summed E-state index contributed by atoms with van der Waals surface area (Å²) in [4.78, 5) is 19.9. The smallest absolute Gasteiger partial charge is 0.263 e. The highest BCUT2D eigenvalue weighted by molar-refractivity contribution is 7.90. The van der Waals surface area contributed by atoms with Gasteiger partial charge in [-0.2, -0.15) is 0 Å². The van der Waals surface area contributed by atoms with E-state index in [2.05, 4.69) is 15.8 Å². The second-order valence-corrected chi connectivity index (χ2v) is 9.20. The van der Waals surface area contributed by atoms with E-state index < -0.39 is 16.1 Å². The number of nitrogens with zero attached hydrogens (tertiary/aromatic N) is 2. The molecule has 1 atom stereocenters. The highest BCUT2D eigenvalue weighted by Crippen LogP contribution is 2.25. The Morgan fingerprint density at radius 3 is 2.50 bits per heavy atom. The van der Waals surface area contributed by atoms with Crippen molar-refractivity contribution in [2.75, 3.05) is 6.54 Å². The van der Waals surface area contributed by atoms with Gasteiger partial charge in [0.05, 0.1) is 4.90 Å². The van der Waals surface area contributed by atoms with Gasteiger partial charge in [0.25, 0.3) is 10.0 Å². The Bertz CT molecular complexity index is 1060. The minimum Gasteiger partial charge on any atom is -0.336 e. The fourth-order valence-electron chi connectivity index (χ4n) is 3.73. The Hall–Kier alpha value is -2.67. The number of amides is 1.